The normalized spacial score (nSPS) is 19.4. The van der Waals surface area contributed by atoms with E-state index >= 15 is 0 Å². The third kappa shape index (κ3) is 4.43. The van der Waals surface area contributed by atoms with E-state index in [1.54, 1.807) is 12.1 Å². The van der Waals surface area contributed by atoms with Gasteiger partial charge in [-0.15, -0.1) is 0 Å². The predicted molar refractivity (Wildman–Crippen MR) is 69.8 cm³/mol. The minimum Gasteiger partial charge on any atom is -0.314 e. The van der Waals surface area contributed by atoms with Crippen LogP contribution in [0.15, 0.2) is 22.9 Å². The topological polar surface area (TPSA) is 28.2 Å². The molecule has 1 atom stereocenters. The first kappa shape index (κ1) is 14.7. The summed E-state index contributed by atoms with van der Waals surface area (Å²) in [6.45, 7) is 2.68. The van der Waals surface area contributed by atoms with E-state index in [1.165, 1.54) is 6.20 Å². The quantitative estimate of drug-likeness (QED) is 0.859. The maximum absolute atomic E-state index is 12.8. The summed E-state index contributed by atoms with van der Waals surface area (Å²) in [5, 5.41) is 3.15. The van der Waals surface area contributed by atoms with Gasteiger partial charge >= 0.3 is 6.18 Å². The van der Waals surface area contributed by atoms with Crippen molar-refractivity contribution in [2.75, 3.05) is 26.2 Å². The number of rotatable bonds is 3. The molecule has 106 valence electrons. The molecule has 0 radical (unpaired) electrons. The van der Waals surface area contributed by atoms with E-state index in [2.05, 4.69) is 26.2 Å². The minimum absolute atomic E-state index is 0.613. The van der Waals surface area contributed by atoms with Crippen LogP contribution in [0, 0.1) is 0 Å². The molecule has 1 aliphatic rings. The van der Waals surface area contributed by atoms with Gasteiger partial charge < -0.3 is 5.32 Å². The molecular formula is C12H15BrF3N3. The van der Waals surface area contributed by atoms with Crippen molar-refractivity contribution >= 4 is 15.9 Å². The number of aromatic nitrogens is 1. The van der Waals surface area contributed by atoms with E-state index in [0.717, 1.165) is 13.1 Å². The molecule has 0 spiro atoms. The summed E-state index contributed by atoms with van der Waals surface area (Å²) >= 11 is 3.20. The van der Waals surface area contributed by atoms with Gasteiger partial charge in [0.25, 0.3) is 0 Å². The summed E-state index contributed by atoms with van der Waals surface area (Å²) in [6, 6.07) is 2.74. The van der Waals surface area contributed by atoms with Crippen LogP contribution in [0.2, 0.25) is 0 Å². The first-order chi connectivity index (χ1) is 8.96. The molecule has 1 aliphatic heterocycles. The van der Waals surface area contributed by atoms with Crippen molar-refractivity contribution in [3.63, 3.8) is 0 Å². The maximum atomic E-state index is 12.8. The van der Waals surface area contributed by atoms with E-state index in [1.807, 2.05) is 4.90 Å². The minimum atomic E-state index is -4.18. The molecule has 0 amide bonds. The van der Waals surface area contributed by atoms with Crippen LogP contribution in [0.5, 0.6) is 0 Å². The second-order valence-corrected chi connectivity index (χ2v) is 5.35. The van der Waals surface area contributed by atoms with E-state index < -0.39 is 18.6 Å². The molecule has 1 aromatic heterocycles. The van der Waals surface area contributed by atoms with Crippen LogP contribution in [0.1, 0.15) is 18.0 Å². The van der Waals surface area contributed by atoms with Crippen molar-refractivity contribution < 1.29 is 13.2 Å². The predicted octanol–water partition coefficient (Wildman–Crippen LogP) is 2.74. The lowest BCUT2D eigenvalue weighted by Crippen LogP contribution is -2.46. The van der Waals surface area contributed by atoms with Crippen LogP contribution in [-0.4, -0.2) is 42.2 Å². The second-order valence-electron chi connectivity index (χ2n) is 4.54. The fourth-order valence-electron chi connectivity index (χ4n) is 2.26. The van der Waals surface area contributed by atoms with Crippen LogP contribution in [0.4, 0.5) is 13.2 Å². The second kappa shape index (κ2) is 6.19. The molecule has 1 saturated heterocycles. The first-order valence-electron chi connectivity index (χ1n) is 6.09. The molecule has 0 aliphatic carbocycles. The van der Waals surface area contributed by atoms with Crippen molar-refractivity contribution in [2.45, 2.75) is 18.6 Å². The van der Waals surface area contributed by atoms with Gasteiger partial charge in [-0.3, -0.25) is 4.90 Å². The number of nitrogens with one attached hydrogen (secondary N) is 1. The molecule has 1 fully saturated rings. The first-order valence-corrected chi connectivity index (χ1v) is 6.88. The van der Waals surface area contributed by atoms with Gasteiger partial charge in [0.15, 0.2) is 0 Å². The number of piperazine rings is 1. The van der Waals surface area contributed by atoms with Crippen molar-refractivity contribution in [3.05, 3.63) is 28.5 Å². The zero-order chi connectivity index (χ0) is 13.9. The zero-order valence-corrected chi connectivity index (χ0v) is 11.8. The Kier molecular flexibility index (Phi) is 4.81. The van der Waals surface area contributed by atoms with Gasteiger partial charge in [0, 0.05) is 38.4 Å². The lowest BCUT2D eigenvalue weighted by molar-refractivity contribution is -0.148. The SMILES string of the molecule is FC(F)(F)C[C@@H](c1ccc(Br)nc1)N1CCNCC1. The summed E-state index contributed by atoms with van der Waals surface area (Å²) < 4.78 is 38.9. The van der Waals surface area contributed by atoms with Gasteiger partial charge in [-0.25, -0.2) is 4.98 Å². The maximum Gasteiger partial charge on any atom is 0.390 e. The summed E-state index contributed by atoms with van der Waals surface area (Å²) in [6.07, 6.45) is -3.50. The fraction of sp³-hybridized carbons (Fsp3) is 0.583. The molecule has 0 bridgehead atoms. The number of hydrogen-bond acceptors (Lipinski definition) is 3. The monoisotopic (exact) mass is 337 g/mol. The molecule has 19 heavy (non-hydrogen) atoms. The van der Waals surface area contributed by atoms with Gasteiger partial charge in [-0.2, -0.15) is 13.2 Å². The van der Waals surface area contributed by atoms with E-state index in [9.17, 15) is 13.2 Å². The molecule has 3 nitrogen and oxygen atoms in total. The van der Waals surface area contributed by atoms with Crippen molar-refractivity contribution in [2.24, 2.45) is 0 Å². The number of nitrogens with zero attached hydrogens (tertiary/aromatic N) is 2. The molecule has 1 aromatic rings. The lowest BCUT2D eigenvalue weighted by Gasteiger charge is -2.35. The third-order valence-corrected chi connectivity index (χ3v) is 3.62. The molecule has 0 unspecified atom stereocenters. The van der Waals surface area contributed by atoms with Gasteiger partial charge in [0.1, 0.15) is 4.60 Å². The largest absolute Gasteiger partial charge is 0.390 e. The highest BCUT2D eigenvalue weighted by Crippen LogP contribution is 2.33. The van der Waals surface area contributed by atoms with E-state index in [0.29, 0.717) is 23.3 Å². The summed E-state index contributed by atoms with van der Waals surface area (Å²) in [4.78, 5) is 5.90. The molecule has 1 N–H and O–H groups in total. The molecule has 0 aromatic carbocycles. The molecule has 0 saturated carbocycles. The zero-order valence-electron chi connectivity index (χ0n) is 10.3. The van der Waals surface area contributed by atoms with Gasteiger partial charge in [0.05, 0.1) is 6.42 Å². The standard InChI is InChI=1S/C12H15BrF3N3/c13-11-2-1-9(8-18-11)10(7-12(14,15)16)19-5-3-17-4-6-19/h1-2,8,10,17H,3-7H2/t10-/m0/s1. The average Bonchev–Trinajstić information content (AvgIpc) is 2.37. The fourth-order valence-corrected chi connectivity index (χ4v) is 2.49. The Hall–Kier alpha value is -0.660. The van der Waals surface area contributed by atoms with Crippen LogP contribution in [0.25, 0.3) is 0 Å². The number of hydrogen-bond donors (Lipinski definition) is 1. The Morgan fingerprint density at radius 1 is 1.32 bits per heavy atom. The van der Waals surface area contributed by atoms with Crippen molar-refractivity contribution in [3.8, 4) is 0 Å². The van der Waals surface area contributed by atoms with Crippen molar-refractivity contribution in [1.29, 1.82) is 0 Å². The van der Waals surface area contributed by atoms with Gasteiger partial charge in [-0.1, -0.05) is 6.07 Å². The van der Waals surface area contributed by atoms with Gasteiger partial charge in [-0.05, 0) is 27.6 Å². The number of halogens is 4. The Labute approximate surface area is 118 Å². The highest BCUT2D eigenvalue weighted by Gasteiger charge is 2.36. The van der Waals surface area contributed by atoms with Crippen LogP contribution < -0.4 is 5.32 Å². The van der Waals surface area contributed by atoms with Crippen LogP contribution in [-0.2, 0) is 0 Å². The highest BCUT2D eigenvalue weighted by molar-refractivity contribution is 9.10. The number of alkyl halides is 3. The Bertz CT molecular complexity index is 402. The Balaban J connectivity index is 2.19. The molecular weight excluding hydrogens is 323 g/mol. The molecule has 2 rings (SSSR count). The van der Waals surface area contributed by atoms with E-state index in [-0.39, 0.29) is 0 Å². The van der Waals surface area contributed by atoms with Crippen molar-refractivity contribution in [1.82, 2.24) is 15.2 Å². The van der Waals surface area contributed by atoms with Crippen LogP contribution >= 0.6 is 15.9 Å². The molecule has 2 heterocycles. The summed E-state index contributed by atoms with van der Waals surface area (Å²) in [5.74, 6) is 0. The summed E-state index contributed by atoms with van der Waals surface area (Å²) in [5.41, 5.74) is 0.613. The molecule has 7 heteroatoms. The van der Waals surface area contributed by atoms with E-state index in [4.69, 9.17) is 0 Å². The Morgan fingerprint density at radius 2 is 2.00 bits per heavy atom. The van der Waals surface area contributed by atoms with Crippen LogP contribution in [0.3, 0.4) is 0 Å². The Morgan fingerprint density at radius 3 is 2.53 bits per heavy atom. The highest BCUT2D eigenvalue weighted by atomic mass is 79.9. The summed E-state index contributed by atoms with van der Waals surface area (Å²) in [7, 11) is 0. The third-order valence-electron chi connectivity index (χ3n) is 3.15. The number of pyridine rings is 1. The average molecular weight is 338 g/mol. The lowest BCUT2D eigenvalue weighted by atomic mass is 10.0. The van der Waals surface area contributed by atoms with Gasteiger partial charge in [0.2, 0.25) is 0 Å². The smallest absolute Gasteiger partial charge is 0.314 e.